The standard InChI is InChI=1S/C17H15F4N3/c1-9-23-15(10-4-6-17(20,21)7-5-10)14(22)16(24-9)12-8-11(18)2-3-13(12)19/h2-4,8H,5-7,22H2,1H3. The Kier molecular flexibility index (Phi) is 4.03. The molecule has 0 radical (unpaired) electrons. The first kappa shape index (κ1) is 16.4. The summed E-state index contributed by atoms with van der Waals surface area (Å²) in [4.78, 5) is 8.33. The molecule has 24 heavy (non-hydrogen) atoms. The first-order valence-corrected chi connectivity index (χ1v) is 7.43. The number of allylic oxidation sites excluding steroid dienone is 2. The third-order valence-corrected chi connectivity index (χ3v) is 3.95. The van der Waals surface area contributed by atoms with E-state index in [0.717, 1.165) is 18.2 Å². The van der Waals surface area contributed by atoms with E-state index < -0.39 is 24.0 Å². The van der Waals surface area contributed by atoms with Gasteiger partial charge in [-0.25, -0.2) is 27.5 Å². The SMILES string of the molecule is Cc1nc(C2=CCC(F)(F)CC2)c(N)c(-c2cc(F)ccc2F)n1. The summed E-state index contributed by atoms with van der Waals surface area (Å²) in [5.41, 5.74) is 6.97. The molecule has 0 aliphatic heterocycles. The number of alkyl halides is 2. The van der Waals surface area contributed by atoms with Crippen LogP contribution in [0.5, 0.6) is 0 Å². The average molecular weight is 337 g/mol. The maximum atomic E-state index is 14.0. The molecule has 1 aromatic carbocycles. The maximum absolute atomic E-state index is 14.0. The zero-order chi connectivity index (χ0) is 17.5. The van der Waals surface area contributed by atoms with Crippen molar-refractivity contribution < 1.29 is 17.6 Å². The van der Waals surface area contributed by atoms with E-state index in [4.69, 9.17) is 5.73 Å². The van der Waals surface area contributed by atoms with E-state index in [-0.39, 0.29) is 29.8 Å². The van der Waals surface area contributed by atoms with Gasteiger partial charge < -0.3 is 5.73 Å². The van der Waals surface area contributed by atoms with Crippen LogP contribution in [0, 0.1) is 18.6 Å². The summed E-state index contributed by atoms with van der Waals surface area (Å²) in [7, 11) is 0. The molecule has 3 nitrogen and oxygen atoms in total. The summed E-state index contributed by atoms with van der Waals surface area (Å²) < 4.78 is 54.1. The molecule has 0 fully saturated rings. The van der Waals surface area contributed by atoms with Crippen LogP contribution in [0.15, 0.2) is 24.3 Å². The molecule has 3 rings (SSSR count). The van der Waals surface area contributed by atoms with Crippen molar-refractivity contribution in [2.75, 3.05) is 5.73 Å². The van der Waals surface area contributed by atoms with Crippen molar-refractivity contribution in [3.05, 3.63) is 47.4 Å². The minimum atomic E-state index is -2.74. The largest absolute Gasteiger partial charge is 0.395 e. The predicted molar refractivity (Wildman–Crippen MR) is 83.3 cm³/mol. The van der Waals surface area contributed by atoms with Crippen molar-refractivity contribution in [1.29, 1.82) is 0 Å². The summed E-state index contributed by atoms with van der Waals surface area (Å²) in [5.74, 6) is -3.73. The van der Waals surface area contributed by atoms with Crippen molar-refractivity contribution in [2.45, 2.75) is 32.1 Å². The van der Waals surface area contributed by atoms with Gasteiger partial charge in [0.05, 0.1) is 11.4 Å². The normalized spacial score (nSPS) is 16.8. The molecular formula is C17H15F4N3. The van der Waals surface area contributed by atoms with E-state index in [1.165, 1.54) is 6.08 Å². The Morgan fingerprint density at radius 1 is 1.12 bits per heavy atom. The molecule has 0 bridgehead atoms. The van der Waals surface area contributed by atoms with Crippen LogP contribution in [0.25, 0.3) is 16.8 Å². The number of rotatable bonds is 2. The van der Waals surface area contributed by atoms with Crippen molar-refractivity contribution in [3.63, 3.8) is 0 Å². The van der Waals surface area contributed by atoms with E-state index in [2.05, 4.69) is 9.97 Å². The van der Waals surface area contributed by atoms with Gasteiger partial charge in [0, 0.05) is 18.4 Å². The van der Waals surface area contributed by atoms with E-state index in [0.29, 0.717) is 17.1 Å². The van der Waals surface area contributed by atoms with Crippen LogP contribution in [0.2, 0.25) is 0 Å². The molecule has 1 aliphatic carbocycles. The molecule has 0 unspecified atom stereocenters. The van der Waals surface area contributed by atoms with Gasteiger partial charge in [0.1, 0.15) is 23.2 Å². The fourth-order valence-electron chi connectivity index (χ4n) is 2.72. The minimum absolute atomic E-state index is 0.0570. The third kappa shape index (κ3) is 3.11. The zero-order valence-electron chi connectivity index (χ0n) is 12.9. The lowest BCUT2D eigenvalue weighted by molar-refractivity contribution is -0.00605. The molecule has 1 aliphatic rings. The van der Waals surface area contributed by atoms with Crippen LogP contribution in [-0.4, -0.2) is 15.9 Å². The van der Waals surface area contributed by atoms with Gasteiger partial charge in [-0.05, 0) is 37.1 Å². The molecule has 2 N–H and O–H groups in total. The van der Waals surface area contributed by atoms with E-state index in [9.17, 15) is 17.6 Å². The van der Waals surface area contributed by atoms with Gasteiger partial charge in [-0.1, -0.05) is 6.08 Å². The van der Waals surface area contributed by atoms with Crippen LogP contribution in [0.4, 0.5) is 23.2 Å². The molecule has 7 heteroatoms. The Morgan fingerprint density at radius 3 is 2.50 bits per heavy atom. The Hall–Kier alpha value is -2.44. The van der Waals surface area contributed by atoms with Crippen LogP contribution >= 0.6 is 0 Å². The number of halogens is 4. The number of benzene rings is 1. The number of nitrogen functional groups attached to an aromatic ring is 1. The quantitative estimate of drug-likeness (QED) is 0.820. The van der Waals surface area contributed by atoms with Gasteiger partial charge in [-0.2, -0.15) is 0 Å². The first-order chi connectivity index (χ1) is 11.3. The second-order valence-electron chi connectivity index (χ2n) is 5.80. The summed E-state index contributed by atoms with van der Waals surface area (Å²) >= 11 is 0. The fourth-order valence-corrected chi connectivity index (χ4v) is 2.72. The van der Waals surface area contributed by atoms with E-state index >= 15 is 0 Å². The molecule has 1 heterocycles. The summed E-state index contributed by atoms with van der Waals surface area (Å²) in [6.45, 7) is 1.58. The van der Waals surface area contributed by atoms with Crippen LogP contribution in [0.3, 0.4) is 0 Å². The topological polar surface area (TPSA) is 51.8 Å². The molecule has 1 aromatic heterocycles. The highest BCUT2D eigenvalue weighted by atomic mass is 19.3. The second-order valence-corrected chi connectivity index (χ2v) is 5.80. The highest BCUT2D eigenvalue weighted by Gasteiger charge is 2.32. The Balaban J connectivity index is 2.13. The Bertz CT molecular complexity index is 831. The molecule has 126 valence electrons. The van der Waals surface area contributed by atoms with Gasteiger partial charge in [0.15, 0.2) is 0 Å². The molecule has 2 aromatic rings. The van der Waals surface area contributed by atoms with Gasteiger partial charge in [-0.15, -0.1) is 0 Å². The highest BCUT2D eigenvalue weighted by molar-refractivity contribution is 5.83. The molecule has 0 spiro atoms. The van der Waals surface area contributed by atoms with E-state index in [1.807, 2.05) is 0 Å². The molecular weight excluding hydrogens is 322 g/mol. The molecule has 0 atom stereocenters. The smallest absolute Gasteiger partial charge is 0.251 e. The summed E-state index contributed by atoms with van der Waals surface area (Å²) in [6, 6.07) is 2.98. The molecule has 0 saturated heterocycles. The van der Waals surface area contributed by atoms with Crippen molar-refractivity contribution in [2.24, 2.45) is 0 Å². The number of anilines is 1. The van der Waals surface area contributed by atoms with Crippen molar-refractivity contribution in [3.8, 4) is 11.3 Å². The number of nitrogens with zero attached hydrogens (tertiary/aromatic N) is 2. The van der Waals surface area contributed by atoms with Gasteiger partial charge in [0.25, 0.3) is 5.92 Å². The van der Waals surface area contributed by atoms with E-state index in [1.54, 1.807) is 6.92 Å². The van der Waals surface area contributed by atoms with Gasteiger partial charge >= 0.3 is 0 Å². The monoisotopic (exact) mass is 337 g/mol. The number of aryl methyl sites for hydroxylation is 1. The lowest BCUT2D eigenvalue weighted by Gasteiger charge is -2.22. The van der Waals surface area contributed by atoms with Gasteiger partial charge in [0.2, 0.25) is 0 Å². The number of aromatic nitrogens is 2. The molecule has 0 saturated carbocycles. The number of nitrogens with two attached hydrogens (primary N) is 1. The van der Waals surface area contributed by atoms with Crippen molar-refractivity contribution >= 4 is 11.3 Å². The lowest BCUT2D eigenvalue weighted by atomic mass is 9.92. The Morgan fingerprint density at radius 2 is 1.83 bits per heavy atom. The molecule has 0 amide bonds. The predicted octanol–water partition coefficient (Wildman–Crippen LogP) is 4.52. The van der Waals surface area contributed by atoms with Gasteiger partial charge in [-0.3, -0.25) is 0 Å². The third-order valence-electron chi connectivity index (χ3n) is 3.95. The first-order valence-electron chi connectivity index (χ1n) is 7.43. The number of hydrogen-bond acceptors (Lipinski definition) is 3. The fraction of sp³-hybridized carbons (Fsp3) is 0.294. The summed E-state index contributed by atoms with van der Waals surface area (Å²) in [5, 5.41) is 0. The summed E-state index contributed by atoms with van der Waals surface area (Å²) in [6.07, 6.45) is 0.811. The average Bonchev–Trinajstić information content (AvgIpc) is 2.52. The minimum Gasteiger partial charge on any atom is -0.395 e. The number of hydrogen-bond donors (Lipinski definition) is 1. The zero-order valence-corrected chi connectivity index (χ0v) is 12.9. The van der Waals surface area contributed by atoms with Crippen LogP contribution < -0.4 is 5.73 Å². The van der Waals surface area contributed by atoms with Crippen LogP contribution in [-0.2, 0) is 0 Å². The lowest BCUT2D eigenvalue weighted by Crippen LogP contribution is -2.19. The van der Waals surface area contributed by atoms with Crippen molar-refractivity contribution in [1.82, 2.24) is 9.97 Å². The maximum Gasteiger partial charge on any atom is 0.251 e. The Labute approximate surface area is 136 Å². The van der Waals surface area contributed by atoms with Crippen LogP contribution in [0.1, 0.15) is 30.8 Å². The highest BCUT2D eigenvalue weighted by Crippen LogP contribution is 2.39. The second kappa shape index (κ2) is 5.89.